The van der Waals surface area contributed by atoms with E-state index in [0.717, 1.165) is 18.6 Å². The third-order valence-electron chi connectivity index (χ3n) is 3.28. The van der Waals surface area contributed by atoms with Crippen LogP contribution in [0.4, 0.5) is 4.79 Å². The first-order chi connectivity index (χ1) is 8.54. The fourth-order valence-electron chi connectivity index (χ4n) is 1.89. The van der Waals surface area contributed by atoms with Crippen molar-refractivity contribution < 1.29 is 14.7 Å². The fourth-order valence-corrected chi connectivity index (χ4v) is 3.09. The standard InChI is InChI=1S/C12H22N2O3S/c1-3-8(2)10(11(15)16)14-12(17)13-7-9-5-4-6-18-9/h8-10H,3-7H2,1-2H3,(H,15,16)(H2,13,14,17)/t8?,9?,10-/m0/s1. The molecular formula is C12H22N2O3S. The largest absolute Gasteiger partial charge is 0.480 e. The normalized spacial score (nSPS) is 22.2. The number of carboxylic acid groups (broad SMARTS) is 1. The van der Waals surface area contributed by atoms with Gasteiger partial charge in [0.1, 0.15) is 6.04 Å². The van der Waals surface area contributed by atoms with E-state index in [4.69, 9.17) is 5.11 Å². The number of carbonyl (C=O) groups is 2. The Kier molecular flexibility index (Phi) is 6.32. The Hall–Kier alpha value is -0.910. The number of aliphatic carboxylic acids is 1. The lowest BCUT2D eigenvalue weighted by molar-refractivity contribution is -0.140. The third-order valence-corrected chi connectivity index (χ3v) is 4.68. The van der Waals surface area contributed by atoms with Crippen molar-refractivity contribution in [3.8, 4) is 0 Å². The first-order valence-corrected chi connectivity index (χ1v) is 7.48. The SMILES string of the molecule is CCC(C)[C@H](NC(=O)NCC1CCCS1)C(=O)O. The minimum atomic E-state index is -0.977. The molecule has 0 aromatic heterocycles. The lowest BCUT2D eigenvalue weighted by atomic mass is 9.99. The van der Waals surface area contributed by atoms with Crippen molar-refractivity contribution >= 4 is 23.8 Å². The maximum atomic E-state index is 11.6. The number of rotatable bonds is 6. The zero-order chi connectivity index (χ0) is 13.5. The molecule has 2 unspecified atom stereocenters. The van der Waals surface area contributed by atoms with Gasteiger partial charge in [0.2, 0.25) is 0 Å². The molecule has 2 amide bonds. The van der Waals surface area contributed by atoms with Gasteiger partial charge >= 0.3 is 12.0 Å². The first-order valence-electron chi connectivity index (χ1n) is 6.43. The zero-order valence-corrected chi connectivity index (χ0v) is 11.8. The predicted octanol–water partition coefficient (Wildman–Crippen LogP) is 1.68. The number of carbonyl (C=O) groups excluding carboxylic acids is 1. The van der Waals surface area contributed by atoms with Crippen LogP contribution in [0.3, 0.4) is 0 Å². The lowest BCUT2D eigenvalue weighted by Gasteiger charge is -2.20. The van der Waals surface area contributed by atoms with Crippen LogP contribution in [0.5, 0.6) is 0 Å². The van der Waals surface area contributed by atoms with Gasteiger partial charge in [-0.05, 0) is 24.5 Å². The van der Waals surface area contributed by atoms with E-state index in [1.165, 1.54) is 6.42 Å². The topological polar surface area (TPSA) is 78.4 Å². The molecule has 3 atom stereocenters. The van der Waals surface area contributed by atoms with Gasteiger partial charge in [-0.2, -0.15) is 11.8 Å². The highest BCUT2D eigenvalue weighted by Crippen LogP contribution is 2.25. The predicted molar refractivity (Wildman–Crippen MR) is 72.9 cm³/mol. The van der Waals surface area contributed by atoms with Crippen LogP contribution in [-0.4, -0.2) is 40.7 Å². The van der Waals surface area contributed by atoms with Crippen LogP contribution in [0.2, 0.25) is 0 Å². The van der Waals surface area contributed by atoms with Crippen molar-refractivity contribution in [1.82, 2.24) is 10.6 Å². The third kappa shape index (κ3) is 4.76. The number of hydrogen-bond donors (Lipinski definition) is 3. The van der Waals surface area contributed by atoms with Crippen LogP contribution in [-0.2, 0) is 4.79 Å². The summed E-state index contributed by atoms with van der Waals surface area (Å²) in [5.41, 5.74) is 0. The van der Waals surface area contributed by atoms with Gasteiger partial charge in [-0.25, -0.2) is 9.59 Å². The van der Waals surface area contributed by atoms with Gasteiger partial charge in [-0.15, -0.1) is 0 Å². The van der Waals surface area contributed by atoms with Gasteiger partial charge in [-0.3, -0.25) is 0 Å². The average molecular weight is 274 g/mol. The highest BCUT2D eigenvalue weighted by molar-refractivity contribution is 8.00. The van der Waals surface area contributed by atoms with Crippen molar-refractivity contribution in [2.45, 2.75) is 44.4 Å². The molecule has 1 aliphatic heterocycles. The van der Waals surface area contributed by atoms with Crippen molar-refractivity contribution in [2.75, 3.05) is 12.3 Å². The molecule has 0 aromatic rings. The Balaban J connectivity index is 2.33. The molecule has 1 saturated heterocycles. The number of hydrogen-bond acceptors (Lipinski definition) is 3. The second-order valence-corrected chi connectivity index (χ2v) is 6.10. The number of carboxylic acids is 1. The van der Waals surface area contributed by atoms with E-state index < -0.39 is 12.0 Å². The number of thioether (sulfide) groups is 1. The molecule has 1 rings (SSSR count). The molecule has 0 radical (unpaired) electrons. The minimum absolute atomic E-state index is 0.0749. The Morgan fingerprint density at radius 1 is 1.50 bits per heavy atom. The molecule has 1 fully saturated rings. The summed E-state index contributed by atoms with van der Waals surface area (Å²) in [6.45, 7) is 4.35. The molecule has 0 aliphatic carbocycles. The fraction of sp³-hybridized carbons (Fsp3) is 0.833. The van der Waals surface area contributed by atoms with E-state index in [0.29, 0.717) is 11.8 Å². The van der Waals surface area contributed by atoms with Crippen molar-refractivity contribution in [1.29, 1.82) is 0 Å². The summed E-state index contributed by atoms with van der Waals surface area (Å²) < 4.78 is 0. The Labute approximate surface area is 112 Å². The maximum Gasteiger partial charge on any atom is 0.326 e. The second kappa shape index (κ2) is 7.51. The van der Waals surface area contributed by atoms with Crippen molar-refractivity contribution in [3.05, 3.63) is 0 Å². The summed E-state index contributed by atoms with van der Waals surface area (Å²) in [5.74, 6) is 0.0994. The highest BCUT2D eigenvalue weighted by atomic mass is 32.2. The molecule has 6 heteroatoms. The van der Waals surface area contributed by atoms with Crippen LogP contribution >= 0.6 is 11.8 Å². The molecule has 0 aromatic carbocycles. The summed E-state index contributed by atoms with van der Waals surface area (Å²) in [6.07, 6.45) is 3.04. The van der Waals surface area contributed by atoms with E-state index in [9.17, 15) is 9.59 Å². The van der Waals surface area contributed by atoms with E-state index in [1.54, 1.807) is 0 Å². The summed E-state index contributed by atoms with van der Waals surface area (Å²) >= 11 is 1.86. The molecule has 1 aliphatic rings. The van der Waals surface area contributed by atoms with Crippen LogP contribution in [0.15, 0.2) is 0 Å². The number of nitrogens with one attached hydrogen (secondary N) is 2. The lowest BCUT2D eigenvalue weighted by Crippen LogP contribution is -2.50. The van der Waals surface area contributed by atoms with Gasteiger partial charge in [0.25, 0.3) is 0 Å². The van der Waals surface area contributed by atoms with Crippen LogP contribution in [0.25, 0.3) is 0 Å². The molecule has 3 N–H and O–H groups in total. The summed E-state index contributed by atoms with van der Waals surface area (Å²) in [7, 11) is 0. The molecule has 0 spiro atoms. The zero-order valence-electron chi connectivity index (χ0n) is 10.9. The van der Waals surface area contributed by atoms with E-state index in [1.807, 2.05) is 25.6 Å². The summed E-state index contributed by atoms with van der Waals surface area (Å²) in [4.78, 5) is 22.7. The molecule has 18 heavy (non-hydrogen) atoms. The first kappa shape index (κ1) is 15.1. The summed E-state index contributed by atoms with van der Waals surface area (Å²) in [5, 5.41) is 14.8. The van der Waals surface area contributed by atoms with Gasteiger partial charge in [0.15, 0.2) is 0 Å². The molecule has 0 bridgehead atoms. The maximum absolute atomic E-state index is 11.6. The Morgan fingerprint density at radius 2 is 2.22 bits per heavy atom. The van der Waals surface area contributed by atoms with Crippen molar-refractivity contribution in [2.24, 2.45) is 5.92 Å². The molecule has 1 heterocycles. The number of amides is 2. The van der Waals surface area contributed by atoms with Gasteiger partial charge in [-0.1, -0.05) is 20.3 Å². The molecule has 5 nitrogen and oxygen atoms in total. The van der Waals surface area contributed by atoms with Crippen LogP contribution in [0, 0.1) is 5.92 Å². The van der Waals surface area contributed by atoms with Crippen molar-refractivity contribution in [3.63, 3.8) is 0 Å². The minimum Gasteiger partial charge on any atom is -0.480 e. The van der Waals surface area contributed by atoms with Crippen LogP contribution < -0.4 is 10.6 Å². The summed E-state index contributed by atoms with van der Waals surface area (Å²) in [6, 6.07) is -1.19. The van der Waals surface area contributed by atoms with Gasteiger partial charge < -0.3 is 15.7 Å². The highest BCUT2D eigenvalue weighted by Gasteiger charge is 2.25. The molecule has 0 saturated carbocycles. The van der Waals surface area contributed by atoms with E-state index in [-0.39, 0.29) is 11.9 Å². The smallest absolute Gasteiger partial charge is 0.326 e. The quantitative estimate of drug-likeness (QED) is 0.688. The Morgan fingerprint density at radius 3 is 2.72 bits per heavy atom. The van der Waals surface area contributed by atoms with Gasteiger partial charge in [0.05, 0.1) is 0 Å². The van der Waals surface area contributed by atoms with E-state index >= 15 is 0 Å². The average Bonchev–Trinajstić information content (AvgIpc) is 2.85. The van der Waals surface area contributed by atoms with E-state index in [2.05, 4.69) is 10.6 Å². The second-order valence-electron chi connectivity index (χ2n) is 4.69. The Bertz CT molecular complexity index is 293. The van der Waals surface area contributed by atoms with Crippen LogP contribution in [0.1, 0.15) is 33.1 Å². The number of urea groups is 1. The molecular weight excluding hydrogens is 252 g/mol. The van der Waals surface area contributed by atoms with Gasteiger partial charge in [0, 0.05) is 11.8 Å². The monoisotopic (exact) mass is 274 g/mol. The molecule has 104 valence electrons.